The number of thiazole rings is 1. The van der Waals surface area contributed by atoms with Gasteiger partial charge in [-0.2, -0.15) is 0 Å². The molecule has 0 saturated heterocycles. The maximum Gasteiger partial charge on any atom is 0.144 e. The summed E-state index contributed by atoms with van der Waals surface area (Å²) in [5.41, 5.74) is 3.55. The highest BCUT2D eigenvalue weighted by Gasteiger charge is 2.28. The number of hydrogen-bond acceptors (Lipinski definition) is 4. The van der Waals surface area contributed by atoms with Crippen LogP contribution in [0.4, 0.5) is 0 Å². The molecular weight excluding hydrogens is 222 g/mol. The number of fused-ring (bicyclic) bond motifs is 1. The molecule has 0 spiro atoms. The molecule has 16 heavy (non-hydrogen) atoms. The van der Waals surface area contributed by atoms with Crippen molar-refractivity contribution >= 4 is 11.3 Å². The summed E-state index contributed by atoms with van der Waals surface area (Å²) in [7, 11) is 0. The third-order valence-electron chi connectivity index (χ3n) is 2.77. The summed E-state index contributed by atoms with van der Waals surface area (Å²) >= 11 is 1.54. The molecule has 0 radical (unpaired) electrons. The highest BCUT2D eigenvalue weighted by molar-refractivity contribution is 7.07. The van der Waals surface area contributed by atoms with Crippen molar-refractivity contribution in [1.82, 2.24) is 4.98 Å². The minimum atomic E-state index is -0.461. The van der Waals surface area contributed by atoms with Gasteiger partial charge < -0.3 is 9.84 Å². The Hall–Kier alpha value is -1.39. The Bertz CT molecular complexity index is 484. The summed E-state index contributed by atoms with van der Waals surface area (Å²) in [6.45, 7) is 0. The van der Waals surface area contributed by atoms with Gasteiger partial charge in [0.25, 0.3) is 0 Å². The second-order valence-corrected chi connectivity index (χ2v) is 4.53. The van der Waals surface area contributed by atoms with Gasteiger partial charge in [-0.1, -0.05) is 18.2 Å². The first-order valence-electron chi connectivity index (χ1n) is 5.16. The van der Waals surface area contributed by atoms with Gasteiger partial charge in [-0.15, -0.1) is 11.3 Å². The van der Waals surface area contributed by atoms with Crippen molar-refractivity contribution in [3.05, 3.63) is 46.4 Å². The van der Waals surface area contributed by atoms with Crippen molar-refractivity contribution in [2.45, 2.75) is 18.6 Å². The number of ether oxygens (including phenoxy) is 1. The molecule has 4 heteroatoms. The van der Waals surface area contributed by atoms with Crippen LogP contribution in [-0.4, -0.2) is 10.1 Å². The fraction of sp³-hybridized carbons (Fsp3) is 0.250. The first-order chi connectivity index (χ1) is 7.84. The molecule has 1 aromatic heterocycles. The molecule has 0 amide bonds. The third-order valence-corrected chi connectivity index (χ3v) is 3.37. The standard InChI is InChI=1S/C12H11NO2S/c14-10-5-12(9-6-16-7-13-9)15-11-4-2-1-3-8(10)11/h1-4,6-7,10,12,14H,5H2/t10-,12?/m0/s1. The van der Waals surface area contributed by atoms with E-state index in [2.05, 4.69) is 4.98 Å². The van der Waals surface area contributed by atoms with Crippen LogP contribution in [0.25, 0.3) is 0 Å². The van der Waals surface area contributed by atoms with Crippen molar-refractivity contribution in [2.75, 3.05) is 0 Å². The quantitative estimate of drug-likeness (QED) is 0.823. The summed E-state index contributed by atoms with van der Waals surface area (Å²) < 4.78 is 5.83. The second kappa shape index (κ2) is 3.88. The minimum Gasteiger partial charge on any atom is -0.484 e. The van der Waals surface area contributed by atoms with Gasteiger partial charge in [0.15, 0.2) is 0 Å². The molecule has 1 N–H and O–H groups in total. The summed E-state index contributed by atoms with van der Waals surface area (Å²) in [5, 5.41) is 12.0. The van der Waals surface area contributed by atoms with E-state index in [9.17, 15) is 5.11 Å². The number of aromatic nitrogens is 1. The summed E-state index contributed by atoms with van der Waals surface area (Å²) in [5.74, 6) is 0.763. The largest absolute Gasteiger partial charge is 0.484 e. The van der Waals surface area contributed by atoms with Crippen molar-refractivity contribution in [3.63, 3.8) is 0 Å². The van der Waals surface area contributed by atoms with Crippen molar-refractivity contribution in [3.8, 4) is 5.75 Å². The zero-order chi connectivity index (χ0) is 11.0. The summed E-state index contributed by atoms with van der Waals surface area (Å²) in [4.78, 5) is 4.23. The van der Waals surface area contributed by atoms with E-state index in [0.717, 1.165) is 17.0 Å². The molecule has 0 bridgehead atoms. The predicted octanol–water partition coefficient (Wildman–Crippen LogP) is 2.70. The maximum absolute atomic E-state index is 10.0. The molecule has 2 aromatic rings. The monoisotopic (exact) mass is 233 g/mol. The van der Waals surface area contributed by atoms with Crippen LogP contribution in [0.5, 0.6) is 5.75 Å². The van der Waals surface area contributed by atoms with E-state index < -0.39 is 6.10 Å². The molecule has 0 aliphatic carbocycles. The molecule has 1 unspecified atom stereocenters. The van der Waals surface area contributed by atoms with E-state index in [1.807, 2.05) is 29.6 Å². The van der Waals surface area contributed by atoms with E-state index in [1.54, 1.807) is 16.8 Å². The lowest BCUT2D eigenvalue weighted by atomic mass is 9.98. The van der Waals surface area contributed by atoms with E-state index in [-0.39, 0.29) is 6.10 Å². The lowest BCUT2D eigenvalue weighted by Gasteiger charge is -2.28. The van der Waals surface area contributed by atoms with Crippen LogP contribution >= 0.6 is 11.3 Å². The first kappa shape index (κ1) is 9.81. The molecule has 3 rings (SSSR count). The van der Waals surface area contributed by atoms with Gasteiger partial charge in [-0.05, 0) is 6.07 Å². The Morgan fingerprint density at radius 3 is 3.06 bits per heavy atom. The van der Waals surface area contributed by atoms with Gasteiger partial charge in [-0.25, -0.2) is 4.98 Å². The van der Waals surface area contributed by atoms with Crippen molar-refractivity contribution in [2.24, 2.45) is 0 Å². The number of para-hydroxylation sites is 1. The third kappa shape index (κ3) is 1.60. The highest BCUT2D eigenvalue weighted by Crippen LogP contribution is 2.40. The normalized spacial score (nSPS) is 23.6. The fourth-order valence-electron chi connectivity index (χ4n) is 1.96. The van der Waals surface area contributed by atoms with Crippen molar-refractivity contribution in [1.29, 1.82) is 0 Å². The number of nitrogens with zero attached hydrogens (tertiary/aromatic N) is 1. The lowest BCUT2D eigenvalue weighted by molar-refractivity contribution is 0.0640. The minimum absolute atomic E-state index is 0.129. The zero-order valence-electron chi connectivity index (χ0n) is 8.54. The molecule has 0 fully saturated rings. The molecule has 2 atom stereocenters. The fourth-order valence-corrected chi connectivity index (χ4v) is 2.55. The number of benzene rings is 1. The highest BCUT2D eigenvalue weighted by atomic mass is 32.1. The Morgan fingerprint density at radius 1 is 1.38 bits per heavy atom. The van der Waals surface area contributed by atoms with Crippen LogP contribution in [0.2, 0.25) is 0 Å². The van der Waals surface area contributed by atoms with Crippen LogP contribution in [0.15, 0.2) is 35.2 Å². The second-order valence-electron chi connectivity index (χ2n) is 3.81. The first-order valence-corrected chi connectivity index (χ1v) is 6.10. The van der Waals surface area contributed by atoms with E-state index in [4.69, 9.17) is 4.74 Å². The Morgan fingerprint density at radius 2 is 2.25 bits per heavy atom. The summed E-state index contributed by atoms with van der Waals surface area (Å²) in [6.07, 6.45) is -0.0198. The van der Waals surface area contributed by atoms with Crippen LogP contribution in [-0.2, 0) is 0 Å². The summed E-state index contributed by atoms with van der Waals surface area (Å²) in [6, 6.07) is 7.61. The van der Waals surface area contributed by atoms with E-state index in [1.165, 1.54) is 0 Å². The topological polar surface area (TPSA) is 42.4 Å². The van der Waals surface area contributed by atoms with Crippen LogP contribution < -0.4 is 4.74 Å². The maximum atomic E-state index is 10.0. The van der Waals surface area contributed by atoms with Crippen LogP contribution in [0.1, 0.15) is 29.9 Å². The van der Waals surface area contributed by atoms with Gasteiger partial charge in [0.1, 0.15) is 11.9 Å². The predicted molar refractivity (Wildman–Crippen MR) is 61.5 cm³/mol. The van der Waals surface area contributed by atoms with Gasteiger partial charge in [0.05, 0.1) is 17.3 Å². The Balaban J connectivity index is 1.95. The average molecular weight is 233 g/mol. The molecule has 82 valence electrons. The van der Waals surface area contributed by atoms with Gasteiger partial charge in [0, 0.05) is 17.4 Å². The number of aliphatic hydroxyl groups excluding tert-OH is 1. The number of hydrogen-bond donors (Lipinski definition) is 1. The molecule has 1 aliphatic rings. The van der Waals surface area contributed by atoms with E-state index in [0.29, 0.717) is 6.42 Å². The van der Waals surface area contributed by atoms with Gasteiger partial charge in [0.2, 0.25) is 0 Å². The smallest absolute Gasteiger partial charge is 0.144 e. The molecule has 1 aromatic carbocycles. The lowest BCUT2D eigenvalue weighted by Crippen LogP contribution is -2.19. The zero-order valence-corrected chi connectivity index (χ0v) is 9.35. The van der Waals surface area contributed by atoms with Gasteiger partial charge in [-0.3, -0.25) is 0 Å². The molecule has 0 saturated carbocycles. The molecular formula is C12H11NO2S. The molecule has 2 heterocycles. The Kier molecular flexibility index (Phi) is 2.38. The van der Waals surface area contributed by atoms with Crippen LogP contribution in [0, 0.1) is 0 Å². The van der Waals surface area contributed by atoms with Crippen molar-refractivity contribution < 1.29 is 9.84 Å². The number of aliphatic hydroxyl groups is 1. The average Bonchev–Trinajstić information content (AvgIpc) is 2.82. The Labute approximate surface area is 97.3 Å². The number of rotatable bonds is 1. The van der Waals surface area contributed by atoms with Gasteiger partial charge >= 0.3 is 0 Å². The van der Waals surface area contributed by atoms with E-state index >= 15 is 0 Å². The molecule has 3 nitrogen and oxygen atoms in total. The van der Waals surface area contributed by atoms with Crippen LogP contribution in [0.3, 0.4) is 0 Å². The SMILES string of the molecule is O[C@H]1CC(c2cscn2)Oc2ccccc21. The molecule has 1 aliphatic heterocycles.